The van der Waals surface area contributed by atoms with Gasteiger partial charge in [0.25, 0.3) is 0 Å². The standard InChI is InChI=1S/C32H54N2/c1-3-5-6-7-8-10-26-13-17-30(18-14-26)32-33-23-31(24-34-32)29-21-19-28(20-22-29)27-15-11-25(9-4-2)12-16-27/h23-30H,3-22H2,1-2H3. The first-order chi connectivity index (χ1) is 16.8. The lowest BCUT2D eigenvalue weighted by Gasteiger charge is -2.38. The second-order valence-electron chi connectivity index (χ2n) is 12.5. The molecule has 0 aromatic carbocycles. The Labute approximate surface area is 211 Å². The van der Waals surface area contributed by atoms with E-state index in [0.717, 1.165) is 29.5 Å². The van der Waals surface area contributed by atoms with Crippen LogP contribution in [0.1, 0.15) is 165 Å². The maximum atomic E-state index is 4.92. The number of nitrogens with zero attached hydrogens (tertiary/aromatic N) is 2. The van der Waals surface area contributed by atoms with Gasteiger partial charge in [-0.2, -0.15) is 0 Å². The molecule has 0 radical (unpaired) electrons. The summed E-state index contributed by atoms with van der Waals surface area (Å²) in [6, 6.07) is 0. The SMILES string of the molecule is CCCCCCCC1CCC(c2ncc(C3CCC(C4CCC(CCC)CC4)CC3)cn2)CC1. The van der Waals surface area contributed by atoms with Gasteiger partial charge < -0.3 is 0 Å². The van der Waals surface area contributed by atoms with Crippen LogP contribution in [0.4, 0.5) is 0 Å². The van der Waals surface area contributed by atoms with Crippen LogP contribution in [-0.2, 0) is 0 Å². The lowest BCUT2D eigenvalue weighted by molar-refractivity contribution is 0.156. The van der Waals surface area contributed by atoms with Gasteiger partial charge in [0.05, 0.1) is 0 Å². The largest absolute Gasteiger partial charge is 0.241 e. The van der Waals surface area contributed by atoms with E-state index in [1.54, 1.807) is 0 Å². The second kappa shape index (κ2) is 14.0. The Morgan fingerprint density at radius 3 is 1.71 bits per heavy atom. The van der Waals surface area contributed by atoms with Crippen molar-refractivity contribution in [2.75, 3.05) is 0 Å². The van der Waals surface area contributed by atoms with E-state index in [4.69, 9.17) is 9.97 Å². The third-order valence-electron chi connectivity index (χ3n) is 10.1. The topological polar surface area (TPSA) is 25.8 Å². The van der Waals surface area contributed by atoms with Gasteiger partial charge in [-0.15, -0.1) is 0 Å². The number of rotatable bonds is 11. The summed E-state index contributed by atoms with van der Waals surface area (Å²) >= 11 is 0. The Bertz CT molecular complexity index is 659. The lowest BCUT2D eigenvalue weighted by atomic mass is 9.68. The zero-order valence-corrected chi connectivity index (χ0v) is 22.7. The fourth-order valence-electron chi connectivity index (χ4n) is 7.80. The molecule has 3 aliphatic rings. The van der Waals surface area contributed by atoms with Crippen molar-refractivity contribution in [1.82, 2.24) is 9.97 Å². The molecule has 0 bridgehead atoms. The third-order valence-corrected chi connectivity index (χ3v) is 10.1. The van der Waals surface area contributed by atoms with Gasteiger partial charge >= 0.3 is 0 Å². The minimum absolute atomic E-state index is 0.615. The second-order valence-corrected chi connectivity index (χ2v) is 12.5. The van der Waals surface area contributed by atoms with Crippen LogP contribution in [0.2, 0.25) is 0 Å². The Hall–Kier alpha value is -0.920. The molecule has 2 nitrogen and oxygen atoms in total. The molecule has 3 aliphatic carbocycles. The van der Waals surface area contributed by atoms with E-state index in [1.165, 1.54) is 134 Å². The maximum Gasteiger partial charge on any atom is 0.131 e. The van der Waals surface area contributed by atoms with E-state index in [-0.39, 0.29) is 0 Å². The first-order valence-electron chi connectivity index (χ1n) is 15.6. The van der Waals surface area contributed by atoms with Crippen LogP contribution in [0.15, 0.2) is 12.4 Å². The summed E-state index contributed by atoms with van der Waals surface area (Å²) in [5.41, 5.74) is 1.43. The molecule has 0 N–H and O–H groups in total. The Balaban J connectivity index is 1.16. The molecule has 0 unspecified atom stereocenters. The van der Waals surface area contributed by atoms with E-state index in [1.807, 2.05) is 0 Å². The summed E-state index contributed by atoms with van der Waals surface area (Å²) in [4.78, 5) is 9.84. The molecule has 1 aromatic rings. The van der Waals surface area contributed by atoms with Crippen molar-refractivity contribution in [3.05, 3.63) is 23.8 Å². The van der Waals surface area contributed by atoms with Gasteiger partial charge in [-0.25, -0.2) is 9.97 Å². The molecule has 34 heavy (non-hydrogen) atoms. The molecule has 2 heteroatoms. The predicted octanol–water partition coefficient (Wildman–Crippen LogP) is 9.99. The molecule has 0 spiro atoms. The zero-order valence-electron chi connectivity index (χ0n) is 22.7. The van der Waals surface area contributed by atoms with E-state index >= 15 is 0 Å². The van der Waals surface area contributed by atoms with Gasteiger partial charge in [-0.05, 0) is 99.4 Å². The van der Waals surface area contributed by atoms with Crippen LogP contribution in [0.3, 0.4) is 0 Å². The van der Waals surface area contributed by atoms with Crippen LogP contribution in [0.5, 0.6) is 0 Å². The summed E-state index contributed by atoms with van der Waals surface area (Å²) in [5.74, 6) is 6.50. The molecule has 1 heterocycles. The highest BCUT2D eigenvalue weighted by atomic mass is 14.9. The third kappa shape index (κ3) is 7.54. The van der Waals surface area contributed by atoms with E-state index < -0.39 is 0 Å². The highest BCUT2D eigenvalue weighted by molar-refractivity contribution is 5.14. The number of aromatic nitrogens is 2. The zero-order chi connectivity index (χ0) is 23.6. The highest BCUT2D eigenvalue weighted by Crippen LogP contribution is 2.44. The van der Waals surface area contributed by atoms with E-state index in [2.05, 4.69) is 26.2 Å². The summed E-state index contributed by atoms with van der Waals surface area (Å²) < 4.78 is 0. The quantitative estimate of drug-likeness (QED) is 0.303. The van der Waals surface area contributed by atoms with Crippen molar-refractivity contribution in [1.29, 1.82) is 0 Å². The molecule has 4 rings (SSSR count). The molecule has 3 saturated carbocycles. The predicted molar refractivity (Wildman–Crippen MR) is 145 cm³/mol. The van der Waals surface area contributed by atoms with Crippen molar-refractivity contribution in [2.24, 2.45) is 23.7 Å². The summed E-state index contributed by atoms with van der Waals surface area (Å²) in [5, 5.41) is 0. The van der Waals surface area contributed by atoms with Crippen LogP contribution in [0, 0.1) is 23.7 Å². The first-order valence-corrected chi connectivity index (χ1v) is 15.6. The molecule has 1 aromatic heterocycles. The fourth-order valence-corrected chi connectivity index (χ4v) is 7.80. The van der Waals surface area contributed by atoms with Crippen molar-refractivity contribution in [2.45, 2.75) is 154 Å². The van der Waals surface area contributed by atoms with E-state index in [9.17, 15) is 0 Å². The van der Waals surface area contributed by atoms with Crippen molar-refractivity contribution in [3.63, 3.8) is 0 Å². The van der Waals surface area contributed by atoms with Gasteiger partial charge in [-0.3, -0.25) is 0 Å². The first kappa shape index (κ1) is 26.2. The molecular formula is C32H54N2. The normalized spacial score (nSPS) is 32.5. The molecule has 0 saturated heterocycles. The van der Waals surface area contributed by atoms with Gasteiger partial charge in [0.2, 0.25) is 0 Å². The number of unbranched alkanes of at least 4 members (excludes halogenated alkanes) is 4. The van der Waals surface area contributed by atoms with Gasteiger partial charge in [-0.1, -0.05) is 78.1 Å². The average molecular weight is 467 g/mol. The van der Waals surface area contributed by atoms with Crippen molar-refractivity contribution in [3.8, 4) is 0 Å². The lowest BCUT2D eigenvalue weighted by Crippen LogP contribution is -2.25. The molecule has 0 atom stereocenters. The van der Waals surface area contributed by atoms with Crippen LogP contribution in [-0.4, -0.2) is 9.97 Å². The molecule has 3 fully saturated rings. The Morgan fingerprint density at radius 2 is 1.09 bits per heavy atom. The minimum Gasteiger partial charge on any atom is -0.241 e. The van der Waals surface area contributed by atoms with Gasteiger partial charge in [0.1, 0.15) is 5.82 Å². The summed E-state index contributed by atoms with van der Waals surface area (Å²) in [6.45, 7) is 4.66. The van der Waals surface area contributed by atoms with Gasteiger partial charge in [0, 0.05) is 18.3 Å². The Kier molecular flexibility index (Phi) is 10.8. The number of hydrogen-bond acceptors (Lipinski definition) is 2. The minimum atomic E-state index is 0.615. The molecule has 0 amide bonds. The fraction of sp³-hybridized carbons (Fsp3) is 0.875. The molecular weight excluding hydrogens is 412 g/mol. The maximum absolute atomic E-state index is 4.92. The molecule has 0 aliphatic heterocycles. The van der Waals surface area contributed by atoms with Crippen LogP contribution >= 0.6 is 0 Å². The summed E-state index contributed by atoms with van der Waals surface area (Å²) in [7, 11) is 0. The Morgan fingerprint density at radius 1 is 0.559 bits per heavy atom. The van der Waals surface area contributed by atoms with Crippen LogP contribution < -0.4 is 0 Å². The number of hydrogen-bond donors (Lipinski definition) is 0. The highest BCUT2D eigenvalue weighted by Gasteiger charge is 2.31. The summed E-state index contributed by atoms with van der Waals surface area (Å²) in [6.07, 6.45) is 32.9. The smallest absolute Gasteiger partial charge is 0.131 e. The van der Waals surface area contributed by atoms with Crippen LogP contribution in [0.25, 0.3) is 0 Å². The van der Waals surface area contributed by atoms with Crippen molar-refractivity contribution >= 4 is 0 Å². The van der Waals surface area contributed by atoms with E-state index in [0.29, 0.717) is 11.8 Å². The molecule has 192 valence electrons. The van der Waals surface area contributed by atoms with Gasteiger partial charge in [0.15, 0.2) is 0 Å². The average Bonchev–Trinajstić information content (AvgIpc) is 2.90. The van der Waals surface area contributed by atoms with Crippen molar-refractivity contribution < 1.29 is 0 Å². The monoisotopic (exact) mass is 466 g/mol.